The summed E-state index contributed by atoms with van der Waals surface area (Å²) in [6.07, 6.45) is 0. The summed E-state index contributed by atoms with van der Waals surface area (Å²) < 4.78 is 26.7. The van der Waals surface area contributed by atoms with Gasteiger partial charge in [0.15, 0.2) is 46.0 Å². The number of hydrogen-bond donors (Lipinski definition) is 0. The third kappa shape index (κ3) is 6.07. The van der Waals surface area contributed by atoms with E-state index in [0.717, 1.165) is 56.6 Å². The van der Waals surface area contributed by atoms with Crippen LogP contribution in [0.2, 0.25) is 0 Å². The minimum atomic E-state index is 0.412. The molecule has 10 heteroatoms. The van der Waals surface area contributed by atoms with Gasteiger partial charge in [-0.05, 0) is 109 Å². The van der Waals surface area contributed by atoms with Crippen LogP contribution in [0.25, 0.3) is 11.1 Å². The van der Waals surface area contributed by atoms with Crippen LogP contribution in [0.1, 0.15) is 11.1 Å². The maximum atomic E-state index is 11.5. The van der Waals surface area contributed by atoms with Crippen molar-refractivity contribution in [1.29, 1.82) is 10.5 Å². The van der Waals surface area contributed by atoms with Crippen LogP contribution in [0.3, 0.4) is 0 Å². The molecular formula is C62H36N6O4. The van der Waals surface area contributed by atoms with E-state index in [1.54, 1.807) is 0 Å². The molecule has 0 unspecified atom stereocenters. The molecule has 72 heavy (non-hydrogen) atoms. The van der Waals surface area contributed by atoms with Crippen molar-refractivity contribution in [1.82, 2.24) is 0 Å². The molecular weight excluding hydrogens is 893 g/mol. The highest BCUT2D eigenvalue weighted by molar-refractivity contribution is 6.11. The van der Waals surface area contributed by atoms with E-state index in [-0.39, 0.29) is 0 Å². The molecule has 14 rings (SSSR count). The Labute approximate surface area is 414 Å². The van der Waals surface area contributed by atoms with Crippen LogP contribution in [0.15, 0.2) is 218 Å². The fraction of sp³-hybridized carbons (Fsp3) is 0. The SMILES string of the molecule is N#Cc1ccc(-c2ccc(C#N)c(N3c4ccccc4Oc4ccccc43)c2N2c3ccccc3Oc3ccccc32)c(N2c3ccccc3Oc3ccccc32)c1N1c2ccccc2Oc2ccccc21. The van der Waals surface area contributed by atoms with Gasteiger partial charge in [-0.1, -0.05) is 109 Å². The van der Waals surface area contributed by atoms with Crippen molar-refractivity contribution < 1.29 is 18.9 Å². The summed E-state index contributed by atoms with van der Waals surface area (Å²) in [6.45, 7) is 0. The van der Waals surface area contributed by atoms with Gasteiger partial charge in [-0.3, -0.25) is 0 Å². The maximum absolute atomic E-state index is 11.5. The Kier molecular flexibility index (Phi) is 9.08. The third-order valence-corrected chi connectivity index (χ3v) is 13.5. The first-order valence-corrected chi connectivity index (χ1v) is 23.5. The summed E-state index contributed by atoms with van der Waals surface area (Å²) in [6, 6.07) is 76.6. The lowest BCUT2D eigenvalue weighted by Gasteiger charge is -2.41. The third-order valence-electron chi connectivity index (χ3n) is 13.5. The van der Waals surface area contributed by atoms with E-state index in [4.69, 9.17) is 18.9 Å². The molecule has 0 aromatic heterocycles. The van der Waals surface area contributed by atoms with Crippen LogP contribution in [0.4, 0.5) is 68.2 Å². The predicted molar refractivity (Wildman–Crippen MR) is 280 cm³/mol. The smallest absolute Gasteiger partial charge is 0.151 e. The van der Waals surface area contributed by atoms with E-state index in [1.165, 1.54) is 0 Å². The normalized spacial score (nSPS) is 13.0. The van der Waals surface area contributed by atoms with Crippen molar-refractivity contribution in [2.45, 2.75) is 0 Å². The average molecular weight is 929 g/mol. The van der Waals surface area contributed by atoms with Gasteiger partial charge in [0, 0.05) is 11.1 Å². The topological polar surface area (TPSA) is 97.5 Å². The molecule has 0 N–H and O–H groups in total. The first kappa shape index (κ1) is 40.6. The number of nitrogens with zero attached hydrogens (tertiary/aromatic N) is 6. The van der Waals surface area contributed by atoms with Gasteiger partial charge >= 0.3 is 0 Å². The summed E-state index contributed by atoms with van der Waals surface area (Å²) >= 11 is 0. The standard InChI is InChI=1S/C62H36N6O4/c63-37-39-33-35-41(61(67-47-21-5-13-29-55(47)71-56-30-14-6-22-48(56)67)59(39)65-43-17-1-9-25-51(43)69-52-26-10-2-18-44(52)65)42-36-34-40(38-64)60(66-45-19-3-11-27-53(45)70-54-28-12-4-20-46(54)66)62(42)68-49-23-7-15-31-57(49)72-58-32-16-8-24-50(58)68/h1-36H. The van der Waals surface area contributed by atoms with Crippen LogP contribution >= 0.6 is 0 Å². The number of fused-ring (bicyclic) bond motifs is 8. The minimum Gasteiger partial charge on any atom is -0.453 e. The maximum Gasteiger partial charge on any atom is 0.151 e. The summed E-state index contributed by atoms with van der Waals surface area (Å²) in [4.78, 5) is 8.71. The van der Waals surface area contributed by atoms with Crippen LogP contribution < -0.4 is 38.5 Å². The van der Waals surface area contributed by atoms with Crippen molar-refractivity contribution in [2.75, 3.05) is 19.6 Å². The molecule has 0 radical (unpaired) electrons. The van der Waals surface area contributed by atoms with Crippen LogP contribution in [-0.4, -0.2) is 0 Å². The van der Waals surface area contributed by atoms with E-state index in [9.17, 15) is 10.5 Å². The molecule has 10 aromatic carbocycles. The van der Waals surface area contributed by atoms with E-state index >= 15 is 0 Å². The van der Waals surface area contributed by atoms with Crippen LogP contribution in [-0.2, 0) is 0 Å². The molecule has 4 heterocycles. The molecule has 10 aromatic rings. The number of nitriles is 2. The molecule has 0 spiro atoms. The second-order valence-electron chi connectivity index (χ2n) is 17.4. The zero-order valence-electron chi connectivity index (χ0n) is 38.1. The van der Waals surface area contributed by atoms with E-state index in [0.29, 0.717) is 79.9 Å². The number of para-hydroxylation sites is 16. The lowest BCUT2D eigenvalue weighted by molar-refractivity contribution is 0.476. The highest BCUT2D eigenvalue weighted by Crippen LogP contribution is 2.64. The molecule has 10 nitrogen and oxygen atoms in total. The van der Waals surface area contributed by atoms with Gasteiger partial charge in [0.2, 0.25) is 0 Å². The first-order valence-electron chi connectivity index (χ1n) is 23.5. The Morgan fingerprint density at radius 3 is 0.639 bits per heavy atom. The van der Waals surface area contributed by atoms with Crippen molar-refractivity contribution in [3.63, 3.8) is 0 Å². The Balaban J connectivity index is 1.18. The Morgan fingerprint density at radius 1 is 0.236 bits per heavy atom. The zero-order chi connectivity index (χ0) is 47.9. The molecule has 0 fully saturated rings. The Morgan fingerprint density at radius 2 is 0.431 bits per heavy atom. The second-order valence-corrected chi connectivity index (χ2v) is 17.4. The number of benzene rings is 10. The average Bonchev–Trinajstić information content (AvgIpc) is 3.44. The van der Waals surface area contributed by atoms with Crippen molar-refractivity contribution in [3.05, 3.63) is 230 Å². The highest BCUT2D eigenvalue weighted by Gasteiger charge is 2.40. The fourth-order valence-corrected chi connectivity index (χ4v) is 10.5. The van der Waals surface area contributed by atoms with Crippen molar-refractivity contribution in [2.24, 2.45) is 0 Å². The Hall–Kier alpha value is -10.4. The van der Waals surface area contributed by atoms with E-state index in [2.05, 4.69) is 31.7 Å². The van der Waals surface area contributed by atoms with E-state index in [1.807, 2.05) is 218 Å². The number of ether oxygens (including phenoxy) is 4. The lowest BCUT2D eigenvalue weighted by Crippen LogP contribution is -2.24. The molecule has 0 bridgehead atoms. The molecule has 0 atom stereocenters. The second kappa shape index (κ2) is 16.1. The molecule has 0 amide bonds. The fourth-order valence-electron chi connectivity index (χ4n) is 10.5. The molecule has 0 saturated carbocycles. The summed E-state index contributed by atoms with van der Waals surface area (Å²) in [5.74, 6) is 5.07. The monoisotopic (exact) mass is 928 g/mol. The van der Waals surface area contributed by atoms with Crippen molar-refractivity contribution >= 4 is 68.2 Å². The Bertz CT molecular complexity index is 3550. The molecule has 4 aliphatic rings. The van der Waals surface area contributed by atoms with Gasteiger partial charge < -0.3 is 38.5 Å². The molecule has 0 aliphatic carbocycles. The number of hydrogen-bond acceptors (Lipinski definition) is 10. The minimum absolute atomic E-state index is 0.412. The van der Waals surface area contributed by atoms with Gasteiger partial charge in [0.05, 0.1) is 79.4 Å². The lowest BCUT2D eigenvalue weighted by atomic mass is 9.91. The molecule has 4 aliphatic heterocycles. The zero-order valence-corrected chi connectivity index (χ0v) is 38.1. The van der Waals surface area contributed by atoms with E-state index < -0.39 is 0 Å². The number of anilines is 12. The molecule has 338 valence electrons. The van der Waals surface area contributed by atoms with Gasteiger partial charge in [-0.25, -0.2) is 0 Å². The van der Waals surface area contributed by atoms with Gasteiger partial charge in [-0.2, -0.15) is 10.5 Å². The highest BCUT2D eigenvalue weighted by atomic mass is 16.5. The van der Waals surface area contributed by atoms with Gasteiger partial charge in [0.25, 0.3) is 0 Å². The van der Waals surface area contributed by atoms with Gasteiger partial charge in [-0.15, -0.1) is 0 Å². The summed E-state index contributed by atoms with van der Waals surface area (Å²) in [7, 11) is 0. The predicted octanol–water partition coefficient (Wildman–Crippen LogP) is 17.4. The number of rotatable bonds is 5. The van der Waals surface area contributed by atoms with Crippen molar-refractivity contribution in [3.8, 4) is 69.3 Å². The van der Waals surface area contributed by atoms with Crippen LogP contribution in [0.5, 0.6) is 46.0 Å². The van der Waals surface area contributed by atoms with Gasteiger partial charge in [0.1, 0.15) is 12.1 Å². The summed E-state index contributed by atoms with van der Waals surface area (Å²) in [5.41, 5.74) is 10.9. The first-order chi connectivity index (χ1) is 35.7. The quantitative estimate of drug-likeness (QED) is 0.166. The largest absolute Gasteiger partial charge is 0.453 e. The van der Waals surface area contributed by atoms with Crippen LogP contribution in [0, 0.1) is 22.7 Å². The summed E-state index contributed by atoms with van der Waals surface area (Å²) in [5, 5.41) is 23.1. The molecule has 0 saturated heterocycles.